The molecule has 0 amide bonds. The molecule has 0 aromatic carbocycles. The second kappa shape index (κ2) is 3.65. The topological polar surface area (TPSA) is 37.3 Å². The third-order valence-electron chi connectivity index (χ3n) is 1.69. The number of aromatic nitrogens is 1. The lowest BCUT2D eigenvalue weighted by atomic mass is 10.4. The van der Waals surface area contributed by atoms with Gasteiger partial charge in [-0.15, -0.1) is 11.3 Å². The highest BCUT2D eigenvalue weighted by atomic mass is 32.1. The third kappa shape index (κ3) is 2.17. The molecule has 1 aliphatic heterocycles. The molecule has 7 heteroatoms. The van der Waals surface area contributed by atoms with Crippen LogP contribution < -0.4 is 5.32 Å². The number of aliphatic imine (C=N–C) groups is 1. The van der Waals surface area contributed by atoms with E-state index in [1.807, 2.05) is 0 Å². The zero-order chi connectivity index (χ0) is 10.9. The monoisotopic (exact) mass is 233 g/mol. The van der Waals surface area contributed by atoms with Crippen LogP contribution in [-0.2, 0) is 6.18 Å². The molecule has 0 saturated heterocycles. The number of hydrogen-bond donors (Lipinski definition) is 1. The fourth-order valence-electron chi connectivity index (χ4n) is 1.02. The van der Waals surface area contributed by atoms with Crippen molar-refractivity contribution in [2.24, 2.45) is 4.99 Å². The Morgan fingerprint density at radius 1 is 1.40 bits per heavy atom. The quantitative estimate of drug-likeness (QED) is 0.805. The maximum Gasteiger partial charge on any atom is 0.434 e. The van der Waals surface area contributed by atoms with E-state index in [0.29, 0.717) is 12.4 Å². The van der Waals surface area contributed by atoms with Crippen molar-refractivity contribution in [3.05, 3.63) is 28.4 Å². The Bertz CT molecular complexity index is 419. The van der Waals surface area contributed by atoms with Gasteiger partial charge in [0.1, 0.15) is 0 Å². The molecule has 0 fully saturated rings. The smallest absolute Gasteiger partial charge is 0.345 e. The molecule has 80 valence electrons. The van der Waals surface area contributed by atoms with E-state index in [1.165, 1.54) is 0 Å². The first kappa shape index (κ1) is 10.2. The number of alkyl halides is 3. The van der Waals surface area contributed by atoms with Crippen LogP contribution in [0.2, 0.25) is 0 Å². The minimum Gasteiger partial charge on any atom is -0.345 e. The van der Waals surface area contributed by atoms with Crippen LogP contribution in [0.5, 0.6) is 0 Å². The van der Waals surface area contributed by atoms with Crippen molar-refractivity contribution >= 4 is 17.2 Å². The molecule has 0 bridgehead atoms. The third-order valence-corrected chi connectivity index (χ3v) is 2.54. The van der Waals surface area contributed by atoms with Crippen molar-refractivity contribution in [2.75, 3.05) is 6.54 Å². The standard InChI is InChI=1S/C8H6F3N3S/c9-8(10,11)5-4-15-7(14-5)6-12-2-1-3-13-6/h1-2,4H,3H2,(H,12,13). The number of rotatable bonds is 1. The molecule has 0 saturated carbocycles. The minimum absolute atomic E-state index is 0.256. The van der Waals surface area contributed by atoms with E-state index in [9.17, 15) is 13.2 Å². The number of halogens is 3. The van der Waals surface area contributed by atoms with Crippen molar-refractivity contribution in [3.8, 4) is 0 Å². The summed E-state index contributed by atoms with van der Waals surface area (Å²) < 4.78 is 36.7. The number of amidine groups is 1. The zero-order valence-corrected chi connectivity index (χ0v) is 8.19. The van der Waals surface area contributed by atoms with Gasteiger partial charge in [-0.2, -0.15) is 13.2 Å². The molecule has 2 heterocycles. The molecule has 2 rings (SSSR count). The largest absolute Gasteiger partial charge is 0.434 e. The Morgan fingerprint density at radius 3 is 2.73 bits per heavy atom. The van der Waals surface area contributed by atoms with E-state index in [2.05, 4.69) is 15.3 Å². The van der Waals surface area contributed by atoms with E-state index >= 15 is 0 Å². The SMILES string of the molecule is FC(F)(F)c1csc(C2=NCC=CN2)n1. The van der Waals surface area contributed by atoms with Gasteiger partial charge in [-0.1, -0.05) is 0 Å². The summed E-state index contributed by atoms with van der Waals surface area (Å²) in [6.07, 6.45) is -0.988. The Kier molecular flexibility index (Phi) is 2.47. The van der Waals surface area contributed by atoms with Crippen LogP contribution >= 0.6 is 11.3 Å². The van der Waals surface area contributed by atoms with E-state index in [-0.39, 0.29) is 5.01 Å². The summed E-state index contributed by atoms with van der Waals surface area (Å²) in [5.41, 5.74) is -0.874. The molecular weight excluding hydrogens is 227 g/mol. The Hall–Kier alpha value is -1.37. The highest BCUT2D eigenvalue weighted by Crippen LogP contribution is 2.30. The van der Waals surface area contributed by atoms with Crippen molar-refractivity contribution in [1.29, 1.82) is 0 Å². The van der Waals surface area contributed by atoms with Crippen LogP contribution in [0, 0.1) is 0 Å². The van der Waals surface area contributed by atoms with E-state index < -0.39 is 11.9 Å². The van der Waals surface area contributed by atoms with Gasteiger partial charge in [-0.3, -0.25) is 4.99 Å². The van der Waals surface area contributed by atoms with Gasteiger partial charge >= 0.3 is 6.18 Å². The highest BCUT2D eigenvalue weighted by molar-refractivity contribution is 7.11. The zero-order valence-electron chi connectivity index (χ0n) is 7.38. The molecule has 1 N–H and O–H groups in total. The summed E-state index contributed by atoms with van der Waals surface area (Å²) in [7, 11) is 0. The number of thiazole rings is 1. The van der Waals surface area contributed by atoms with Gasteiger partial charge in [-0.05, 0) is 6.08 Å². The average Bonchev–Trinajstić information content (AvgIpc) is 2.67. The first-order valence-electron chi connectivity index (χ1n) is 4.06. The molecule has 1 aliphatic rings. The maximum absolute atomic E-state index is 12.2. The van der Waals surface area contributed by atoms with Gasteiger partial charge < -0.3 is 5.32 Å². The summed E-state index contributed by atoms with van der Waals surface area (Å²) in [5.74, 6) is 0.387. The van der Waals surface area contributed by atoms with Crippen LogP contribution in [0.3, 0.4) is 0 Å². The summed E-state index contributed by atoms with van der Waals surface area (Å²) in [5, 5.41) is 3.99. The maximum atomic E-state index is 12.2. The lowest BCUT2D eigenvalue weighted by Crippen LogP contribution is -2.22. The highest BCUT2D eigenvalue weighted by Gasteiger charge is 2.34. The second-order valence-electron chi connectivity index (χ2n) is 2.77. The van der Waals surface area contributed by atoms with E-state index in [0.717, 1.165) is 16.7 Å². The van der Waals surface area contributed by atoms with Crippen molar-refractivity contribution in [1.82, 2.24) is 10.3 Å². The van der Waals surface area contributed by atoms with E-state index in [4.69, 9.17) is 0 Å². The second-order valence-corrected chi connectivity index (χ2v) is 3.63. The lowest BCUT2D eigenvalue weighted by Gasteiger charge is -2.06. The first-order chi connectivity index (χ1) is 7.07. The van der Waals surface area contributed by atoms with Crippen LogP contribution in [0.25, 0.3) is 0 Å². The van der Waals surface area contributed by atoms with Crippen molar-refractivity contribution in [2.45, 2.75) is 6.18 Å². The normalized spacial score (nSPS) is 16.1. The molecular formula is C8H6F3N3S. The minimum atomic E-state index is -4.39. The number of nitrogens with one attached hydrogen (secondary N) is 1. The fourth-order valence-corrected chi connectivity index (χ4v) is 1.82. The Labute approximate surface area is 87.4 Å². The van der Waals surface area contributed by atoms with Gasteiger partial charge in [-0.25, -0.2) is 4.98 Å². The lowest BCUT2D eigenvalue weighted by molar-refractivity contribution is -0.140. The van der Waals surface area contributed by atoms with Gasteiger partial charge in [0, 0.05) is 11.6 Å². The van der Waals surface area contributed by atoms with Gasteiger partial charge in [0.2, 0.25) is 0 Å². The summed E-state index contributed by atoms with van der Waals surface area (Å²) >= 11 is 0.925. The molecule has 15 heavy (non-hydrogen) atoms. The van der Waals surface area contributed by atoms with Crippen LogP contribution in [-0.4, -0.2) is 17.4 Å². The Morgan fingerprint density at radius 2 is 2.20 bits per heavy atom. The van der Waals surface area contributed by atoms with Crippen molar-refractivity contribution < 1.29 is 13.2 Å². The molecule has 1 aromatic heterocycles. The summed E-state index contributed by atoms with van der Waals surface area (Å²) in [4.78, 5) is 7.47. The summed E-state index contributed by atoms with van der Waals surface area (Å²) in [6.45, 7) is 0.462. The van der Waals surface area contributed by atoms with Crippen LogP contribution in [0.1, 0.15) is 10.7 Å². The van der Waals surface area contributed by atoms with Crippen molar-refractivity contribution in [3.63, 3.8) is 0 Å². The first-order valence-corrected chi connectivity index (χ1v) is 4.94. The van der Waals surface area contributed by atoms with Crippen LogP contribution in [0.4, 0.5) is 13.2 Å². The fraction of sp³-hybridized carbons (Fsp3) is 0.250. The molecule has 0 atom stereocenters. The summed E-state index contributed by atoms with van der Waals surface area (Å²) in [6, 6.07) is 0. The molecule has 0 spiro atoms. The predicted molar refractivity (Wildman–Crippen MR) is 50.8 cm³/mol. The van der Waals surface area contributed by atoms with Crippen LogP contribution in [0.15, 0.2) is 22.6 Å². The average molecular weight is 233 g/mol. The molecule has 1 aromatic rings. The Balaban J connectivity index is 2.24. The number of nitrogens with zero attached hydrogens (tertiary/aromatic N) is 2. The van der Waals surface area contributed by atoms with Gasteiger partial charge in [0.25, 0.3) is 0 Å². The molecule has 0 unspecified atom stereocenters. The predicted octanol–water partition coefficient (Wildman–Crippen LogP) is 2.03. The molecule has 0 aliphatic carbocycles. The molecule has 3 nitrogen and oxygen atoms in total. The van der Waals surface area contributed by atoms with Gasteiger partial charge in [0.05, 0.1) is 6.54 Å². The van der Waals surface area contributed by atoms with Gasteiger partial charge in [0.15, 0.2) is 16.5 Å². The molecule has 0 radical (unpaired) electrons. The van der Waals surface area contributed by atoms with E-state index in [1.54, 1.807) is 12.3 Å². The number of hydrogen-bond acceptors (Lipinski definition) is 4.